The Morgan fingerprint density at radius 2 is 1.74 bits per heavy atom. The molecule has 0 amide bonds. The summed E-state index contributed by atoms with van der Waals surface area (Å²) in [5.41, 5.74) is 7.05. The Morgan fingerprint density at radius 1 is 1.05 bits per heavy atom. The summed E-state index contributed by atoms with van der Waals surface area (Å²) in [6.45, 7) is 5.45. The molecule has 0 saturated carbocycles. The van der Waals surface area contributed by atoms with Gasteiger partial charge in [0.2, 0.25) is 0 Å². The van der Waals surface area contributed by atoms with E-state index in [0.717, 1.165) is 17.4 Å². The zero-order chi connectivity index (χ0) is 13.4. The molecule has 1 heterocycles. The highest BCUT2D eigenvalue weighted by Crippen LogP contribution is 2.31. The molecule has 0 aliphatic carbocycles. The Morgan fingerprint density at radius 3 is 2.47 bits per heavy atom. The molecular weight excluding hydrogens is 298 g/mol. The van der Waals surface area contributed by atoms with E-state index >= 15 is 0 Å². The van der Waals surface area contributed by atoms with Gasteiger partial charge in [0.1, 0.15) is 0 Å². The quantitative estimate of drug-likeness (QED) is 0.827. The molecule has 1 aliphatic heterocycles. The molecule has 98 valence electrons. The summed E-state index contributed by atoms with van der Waals surface area (Å²) in [5.74, 6) is 0. The Bertz CT molecular complexity index is 601. The zero-order valence-electron chi connectivity index (χ0n) is 11.3. The number of fused-ring (bicyclic) bond motifs is 1. The summed E-state index contributed by atoms with van der Waals surface area (Å²) in [7, 11) is 0. The van der Waals surface area contributed by atoms with Crippen molar-refractivity contribution in [2.45, 2.75) is 26.3 Å². The van der Waals surface area contributed by atoms with E-state index in [1.807, 2.05) is 0 Å². The lowest BCUT2D eigenvalue weighted by molar-refractivity contribution is 0.567. The third-order valence-electron chi connectivity index (χ3n) is 4.01. The number of hydrogen-bond donors (Lipinski definition) is 1. The summed E-state index contributed by atoms with van der Waals surface area (Å²) in [6, 6.07) is 13.7. The first-order valence-electron chi connectivity index (χ1n) is 6.74. The van der Waals surface area contributed by atoms with Crippen molar-refractivity contribution in [3.8, 4) is 0 Å². The Balaban J connectivity index is 2.07. The maximum atomic E-state index is 3.64. The fraction of sp³-hybridized carbons (Fsp3) is 0.294. The first-order valence-corrected chi connectivity index (χ1v) is 7.53. The summed E-state index contributed by atoms with van der Waals surface area (Å²) in [6.07, 6.45) is 1.13. The zero-order valence-corrected chi connectivity index (χ0v) is 12.9. The van der Waals surface area contributed by atoms with Crippen LogP contribution in [-0.2, 0) is 6.42 Å². The number of nitrogens with one attached hydrogen (secondary N) is 1. The number of benzene rings is 2. The van der Waals surface area contributed by atoms with E-state index in [1.54, 1.807) is 0 Å². The van der Waals surface area contributed by atoms with Crippen molar-refractivity contribution in [1.29, 1.82) is 0 Å². The molecule has 2 aromatic carbocycles. The van der Waals surface area contributed by atoms with Gasteiger partial charge in [0.25, 0.3) is 0 Å². The van der Waals surface area contributed by atoms with Crippen LogP contribution in [0.3, 0.4) is 0 Å². The first-order chi connectivity index (χ1) is 9.15. The lowest BCUT2D eigenvalue weighted by Crippen LogP contribution is -2.30. The Hall–Kier alpha value is -1.12. The minimum atomic E-state index is 0.330. The molecule has 1 aliphatic rings. The molecule has 19 heavy (non-hydrogen) atoms. The van der Waals surface area contributed by atoms with Crippen LogP contribution in [0.25, 0.3) is 0 Å². The van der Waals surface area contributed by atoms with Gasteiger partial charge < -0.3 is 5.32 Å². The van der Waals surface area contributed by atoms with Gasteiger partial charge in [-0.3, -0.25) is 0 Å². The van der Waals surface area contributed by atoms with Crippen molar-refractivity contribution in [3.63, 3.8) is 0 Å². The predicted octanol–water partition coefficient (Wildman–Crippen LogP) is 4.30. The normalized spacial score (nSPS) is 18.2. The summed E-state index contributed by atoms with van der Waals surface area (Å²) in [5, 5.41) is 3.64. The number of aryl methyl sites for hydroxylation is 2. The topological polar surface area (TPSA) is 12.0 Å². The van der Waals surface area contributed by atoms with E-state index in [4.69, 9.17) is 0 Å². The molecule has 0 unspecified atom stereocenters. The third kappa shape index (κ3) is 2.47. The number of hydrogen-bond acceptors (Lipinski definition) is 1. The largest absolute Gasteiger partial charge is 0.306 e. The van der Waals surface area contributed by atoms with Crippen molar-refractivity contribution in [2.75, 3.05) is 6.54 Å². The Labute approximate surface area is 123 Å². The highest BCUT2D eigenvalue weighted by Gasteiger charge is 2.21. The van der Waals surface area contributed by atoms with Crippen LogP contribution in [0.5, 0.6) is 0 Å². The Kier molecular flexibility index (Phi) is 3.46. The minimum absolute atomic E-state index is 0.330. The highest BCUT2D eigenvalue weighted by atomic mass is 79.9. The van der Waals surface area contributed by atoms with Gasteiger partial charge in [0, 0.05) is 11.0 Å². The van der Waals surface area contributed by atoms with E-state index in [2.05, 4.69) is 71.5 Å². The minimum Gasteiger partial charge on any atom is -0.306 e. The van der Waals surface area contributed by atoms with Crippen LogP contribution in [0.4, 0.5) is 0 Å². The molecule has 0 bridgehead atoms. The maximum absolute atomic E-state index is 3.64. The maximum Gasteiger partial charge on any atom is 0.0579 e. The second-order valence-electron chi connectivity index (χ2n) is 5.32. The van der Waals surface area contributed by atoms with Gasteiger partial charge in [-0.25, -0.2) is 0 Å². The standard InChI is InChI=1S/C17H18BrN/c1-11-9-14-7-8-19-17(16(14)10-12(11)2)13-3-5-15(18)6-4-13/h3-6,9-10,17,19H,7-8H2,1-2H3/t17-/m1/s1. The molecule has 1 atom stereocenters. The predicted molar refractivity (Wildman–Crippen MR) is 83.6 cm³/mol. The molecule has 3 rings (SSSR count). The van der Waals surface area contributed by atoms with Gasteiger partial charge in [-0.15, -0.1) is 0 Å². The van der Waals surface area contributed by atoms with E-state index in [-0.39, 0.29) is 0 Å². The summed E-state index contributed by atoms with van der Waals surface area (Å²) >= 11 is 3.50. The molecule has 1 N–H and O–H groups in total. The van der Waals surface area contributed by atoms with Crippen LogP contribution in [0, 0.1) is 13.8 Å². The van der Waals surface area contributed by atoms with Gasteiger partial charge in [-0.2, -0.15) is 0 Å². The van der Waals surface area contributed by atoms with Crippen molar-refractivity contribution in [1.82, 2.24) is 5.32 Å². The van der Waals surface area contributed by atoms with Gasteiger partial charge in [-0.1, -0.05) is 40.2 Å². The van der Waals surface area contributed by atoms with Crippen LogP contribution in [0.1, 0.15) is 33.9 Å². The van der Waals surface area contributed by atoms with Crippen LogP contribution in [0.2, 0.25) is 0 Å². The molecular formula is C17H18BrN. The molecule has 1 nitrogen and oxygen atoms in total. The van der Waals surface area contributed by atoms with Crippen molar-refractivity contribution >= 4 is 15.9 Å². The van der Waals surface area contributed by atoms with Crippen molar-refractivity contribution in [3.05, 3.63) is 68.7 Å². The summed E-state index contributed by atoms with van der Waals surface area (Å²) in [4.78, 5) is 0. The molecule has 2 heteroatoms. The number of halogens is 1. The van der Waals surface area contributed by atoms with Crippen LogP contribution < -0.4 is 5.32 Å². The van der Waals surface area contributed by atoms with E-state index < -0.39 is 0 Å². The van der Waals surface area contributed by atoms with Gasteiger partial charge in [-0.05, 0) is 60.2 Å². The molecule has 0 aromatic heterocycles. The fourth-order valence-corrected chi connectivity index (χ4v) is 3.06. The van der Waals surface area contributed by atoms with E-state index in [1.165, 1.54) is 27.8 Å². The molecule has 0 radical (unpaired) electrons. The van der Waals surface area contributed by atoms with E-state index in [9.17, 15) is 0 Å². The molecule has 0 fully saturated rings. The molecule has 2 aromatic rings. The lowest BCUT2D eigenvalue weighted by Gasteiger charge is -2.28. The van der Waals surface area contributed by atoms with Gasteiger partial charge >= 0.3 is 0 Å². The average molecular weight is 316 g/mol. The SMILES string of the molecule is Cc1cc2c(cc1C)[C@@H](c1ccc(Br)cc1)NCC2. The van der Waals surface area contributed by atoms with Crippen LogP contribution in [-0.4, -0.2) is 6.54 Å². The molecule has 0 saturated heterocycles. The third-order valence-corrected chi connectivity index (χ3v) is 4.54. The van der Waals surface area contributed by atoms with Crippen molar-refractivity contribution in [2.24, 2.45) is 0 Å². The second-order valence-corrected chi connectivity index (χ2v) is 6.24. The second kappa shape index (κ2) is 5.10. The van der Waals surface area contributed by atoms with Crippen LogP contribution in [0.15, 0.2) is 40.9 Å². The molecule has 0 spiro atoms. The monoisotopic (exact) mass is 315 g/mol. The number of rotatable bonds is 1. The first kappa shape index (κ1) is 12.9. The van der Waals surface area contributed by atoms with Crippen LogP contribution >= 0.6 is 15.9 Å². The summed E-state index contributed by atoms with van der Waals surface area (Å²) < 4.78 is 1.13. The van der Waals surface area contributed by atoms with Gasteiger partial charge in [0.15, 0.2) is 0 Å². The van der Waals surface area contributed by atoms with E-state index in [0.29, 0.717) is 6.04 Å². The average Bonchev–Trinajstić information content (AvgIpc) is 2.41. The lowest BCUT2D eigenvalue weighted by atomic mass is 9.87. The smallest absolute Gasteiger partial charge is 0.0579 e. The van der Waals surface area contributed by atoms with Crippen molar-refractivity contribution < 1.29 is 0 Å². The van der Waals surface area contributed by atoms with Gasteiger partial charge in [0.05, 0.1) is 6.04 Å². The highest BCUT2D eigenvalue weighted by molar-refractivity contribution is 9.10. The fourth-order valence-electron chi connectivity index (χ4n) is 2.80.